The number of rotatable bonds is 6. The van der Waals surface area contributed by atoms with Gasteiger partial charge in [-0.1, -0.05) is 18.2 Å². The van der Waals surface area contributed by atoms with Crippen LogP contribution in [0.15, 0.2) is 18.2 Å². The number of amides is 1. The lowest BCUT2D eigenvalue weighted by atomic mass is 10.1. The number of nitrogens with zero attached hydrogens (tertiary/aromatic N) is 4. The molecular weight excluding hydrogens is 292 g/mol. The fourth-order valence-corrected chi connectivity index (χ4v) is 2.13. The largest absolute Gasteiger partial charge is 0.345 e. The minimum atomic E-state index is -0.629. The summed E-state index contributed by atoms with van der Waals surface area (Å²) in [5.41, 5.74) is 0.328. The lowest BCUT2D eigenvalue weighted by Gasteiger charge is -2.20. The molecule has 0 bridgehead atoms. The number of carbonyl (C=O) groups is 1. The standard InChI is InChI=1S/C14H17F2N5O/c1-9(14-17-19-20-18-14)8-21(2)13(22)6-4-10-3-5-11(15)7-12(10)16/h3,5,7,9H,4,6,8H2,1-2H3,(H,17,18,19,20). The molecule has 0 aliphatic rings. The van der Waals surface area contributed by atoms with Crippen molar-refractivity contribution >= 4 is 5.91 Å². The number of carbonyl (C=O) groups excluding carboxylic acids is 1. The van der Waals surface area contributed by atoms with Gasteiger partial charge in [0.05, 0.1) is 0 Å². The molecule has 1 unspecified atom stereocenters. The average Bonchev–Trinajstić information content (AvgIpc) is 3.00. The fourth-order valence-electron chi connectivity index (χ4n) is 2.13. The van der Waals surface area contributed by atoms with Crippen molar-refractivity contribution < 1.29 is 13.6 Å². The predicted octanol–water partition coefficient (Wildman–Crippen LogP) is 1.67. The molecule has 0 saturated heterocycles. The van der Waals surface area contributed by atoms with E-state index in [4.69, 9.17) is 0 Å². The van der Waals surface area contributed by atoms with Crippen molar-refractivity contribution in [3.05, 3.63) is 41.2 Å². The summed E-state index contributed by atoms with van der Waals surface area (Å²) in [5, 5.41) is 13.6. The molecule has 0 saturated carbocycles. The van der Waals surface area contributed by atoms with Gasteiger partial charge in [-0.15, -0.1) is 10.2 Å². The lowest BCUT2D eigenvalue weighted by Crippen LogP contribution is -2.30. The maximum atomic E-state index is 13.5. The van der Waals surface area contributed by atoms with Gasteiger partial charge >= 0.3 is 0 Å². The van der Waals surface area contributed by atoms with Crippen molar-refractivity contribution in [3.63, 3.8) is 0 Å². The van der Waals surface area contributed by atoms with E-state index in [1.165, 1.54) is 12.1 Å². The van der Waals surface area contributed by atoms with Crippen LogP contribution in [0.4, 0.5) is 8.78 Å². The van der Waals surface area contributed by atoms with Crippen molar-refractivity contribution in [1.82, 2.24) is 25.5 Å². The average molecular weight is 309 g/mol. The zero-order chi connectivity index (χ0) is 16.1. The van der Waals surface area contributed by atoms with Gasteiger partial charge in [-0.25, -0.2) is 8.78 Å². The van der Waals surface area contributed by atoms with Gasteiger partial charge in [-0.05, 0) is 18.1 Å². The zero-order valence-corrected chi connectivity index (χ0v) is 12.4. The third-order valence-corrected chi connectivity index (χ3v) is 3.40. The second kappa shape index (κ2) is 7.06. The van der Waals surface area contributed by atoms with E-state index in [0.717, 1.165) is 6.07 Å². The first-order valence-electron chi connectivity index (χ1n) is 6.88. The molecule has 1 N–H and O–H groups in total. The summed E-state index contributed by atoms with van der Waals surface area (Å²) >= 11 is 0. The van der Waals surface area contributed by atoms with Crippen LogP contribution in [-0.4, -0.2) is 45.0 Å². The van der Waals surface area contributed by atoms with Crippen LogP contribution in [0.25, 0.3) is 0 Å². The molecule has 118 valence electrons. The van der Waals surface area contributed by atoms with Gasteiger partial charge in [0, 0.05) is 32.0 Å². The Morgan fingerprint density at radius 1 is 1.41 bits per heavy atom. The normalized spacial score (nSPS) is 12.2. The topological polar surface area (TPSA) is 74.8 Å². The molecule has 22 heavy (non-hydrogen) atoms. The molecule has 0 spiro atoms. The molecule has 1 aromatic carbocycles. The lowest BCUT2D eigenvalue weighted by molar-refractivity contribution is -0.130. The molecule has 0 fully saturated rings. The Labute approximate surface area is 126 Å². The molecule has 2 aromatic rings. The summed E-state index contributed by atoms with van der Waals surface area (Å²) in [6.45, 7) is 2.32. The highest BCUT2D eigenvalue weighted by Crippen LogP contribution is 2.14. The van der Waals surface area contributed by atoms with Crippen LogP contribution in [0.2, 0.25) is 0 Å². The molecule has 8 heteroatoms. The van der Waals surface area contributed by atoms with Crippen molar-refractivity contribution in [2.24, 2.45) is 0 Å². The molecule has 6 nitrogen and oxygen atoms in total. The number of aryl methyl sites for hydroxylation is 1. The van der Waals surface area contributed by atoms with Crippen LogP contribution < -0.4 is 0 Å². The van der Waals surface area contributed by atoms with Crippen molar-refractivity contribution in [3.8, 4) is 0 Å². The molecule has 2 rings (SSSR count). The molecule has 1 heterocycles. The second-order valence-corrected chi connectivity index (χ2v) is 5.18. The Bertz CT molecular complexity index is 632. The Balaban J connectivity index is 1.86. The first-order chi connectivity index (χ1) is 10.5. The van der Waals surface area contributed by atoms with Gasteiger partial charge in [0.25, 0.3) is 0 Å². The van der Waals surface area contributed by atoms with Crippen molar-refractivity contribution in [2.45, 2.75) is 25.7 Å². The highest BCUT2D eigenvalue weighted by molar-refractivity contribution is 5.76. The van der Waals surface area contributed by atoms with E-state index in [0.29, 0.717) is 17.9 Å². The highest BCUT2D eigenvalue weighted by atomic mass is 19.1. The molecular formula is C14H17F2N5O. The first kappa shape index (κ1) is 16.0. The van der Waals surface area contributed by atoms with Crippen LogP contribution in [0.3, 0.4) is 0 Å². The molecule has 1 amide bonds. The van der Waals surface area contributed by atoms with Crippen LogP contribution in [0.1, 0.15) is 30.7 Å². The number of benzene rings is 1. The number of aromatic nitrogens is 4. The van der Waals surface area contributed by atoms with E-state index < -0.39 is 11.6 Å². The van der Waals surface area contributed by atoms with Crippen LogP contribution in [0, 0.1) is 11.6 Å². The maximum absolute atomic E-state index is 13.5. The van der Waals surface area contributed by atoms with Gasteiger partial charge in [-0.2, -0.15) is 5.21 Å². The van der Waals surface area contributed by atoms with Crippen LogP contribution in [-0.2, 0) is 11.2 Å². The number of hydrogen-bond donors (Lipinski definition) is 1. The quantitative estimate of drug-likeness (QED) is 0.881. The molecule has 0 aliphatic heterocycles. The molecule has 0 radical (unpaired) electrons. The molecule has 1 atom stereocenters. The number of likely N-dealkylation sites (N-methyl/N-ethyl adjacent to an activating group) is 1. The van der Waals surface area contributed by atoms with Gasteiger partial charge < -0.3 is 4.90 Å². The smallest absolute Gasteiger partial charge is 0.222 e. The molecule has 0 aliphatic carbocycles. The number of H-pyrrole nitrogens is 1. The highest BCUT2D eigenvalue weighted by Gasteiger charge is 2.17. The summed E-state index contributed by atoms with van der Waals surface area (Å²) in [5.74, 6) is -0.909. The monoisotopic (exact) mass is 309 g/mol. The minimum Gasteiger partial charge on any atom is -0.345 e. The van der Waals surface area contributed by atoms with Crippen molar-refractivity contribution in [1.29, 1.82) is 0 Å². The summed E-state index contributed by atoms with van der Waals surface area (Å²) in [6, 6.07) is 3.37. The summed E-state index contributed by atoms with van der Waals surface area (Å²) in [7, 11) is 1.67. The first-order valence-corrected chi connectivity index (χ1v) is 6.88. The van der Waals surface area contributed by atoms with Crippen LogP contribution >= 0.6 is 0 Å². The molecule has 1 aromatic heterocycles. The van der Waals surface area contributed by atoms with E-state index in [-0.39, 0.29) is 24.7 Å². The number of tetrazole rings is 1. The Morgan fingerprint density at radius 2 is 2.18 bits per heavy atom. The number of halogens is 2. The predicted molar refractivity (Wildman–Crippen MR) is 74.9 cm³/mol. The zero-order valence-electron chi connectivity index (χ0n) is 12.4. The van der Waals surface area contributed by atoms with Gasteiger partial charge in [0.2, 0.25) is 5.91 Å². The third kappa shape index (κ3) is 4.06. The Hall–Kier alpha value is -2.38. The summed E-state index contributed by atoms with van der Waals surface area (Å²) in [6.07, 6.45) is 0.379. The summed E-state index contributed by atoms with van der Waals surface area (Å²) < 4.78 is 26.3. The SMILES string of the molecule is CC(CN(C)C(=O)CCc1ccc(F)cc1F)c1nn[nH]n1. The fraction of sp³-hybridized carbons (Fsp3) is 0.429. The third-order valence-electron chi connectivity index (χ3n) is 3.40. The van der Waals surface area contributed by atoms with Crippen LogP contribution in [0.5, 0.6) is 0 Å². The van der Waals surface area contributed by atoms with E-state index in [1.807, 2.05) is 6.92 Å². The number of hydrogen-bond acceptors (Lipinski definition) is 4. The van der Waals surface area contributed by atoms with E-state index >= 15 is 0 Å². The maximum Gasteiger partial charge on any atom is 0.222 e. The van der Waals surface area contributed by atoms with E-state index in [9.17, 15) is 13.6 Å². The Morgan fingerprint density at radius 3 is 2.82 bits per heavy atom. The van der Waals surface area contributed by atoms with E-state index in [1.54, 1.807) is 11.9 Å². The van der Waals surface area contributed by atoms with Crippen molar-refractivity contribution in [2.75, 3.05) is 13.6 Å². The van der Waals surface area contributed by atoms with Gasteiger partial charge in [-0.3, -0.25) is 4.79 Å². The second-order valence-electron chi connectivity index (χ2n) is 5.18. The number of aromatic amines is 1. The van der Waals surface area contributed by atoms with E-state index in [2.05, 4.69) is 20.6 Å². The minimum absolute atomic E-state index is 0.0599. The number of nitrogens with one attached hydrogen (secondary N) is 1. The Kier molecular flexibility index (Phi) is 5.13. The van der Waals surface area contributed by atoms with Gasteiger partial charge in [0.15, 0.2) is 5.82 Å². The van der Waals surface area contributed by atoms with Gasteiger partial charge in [0.1, 0.15) is 11.6 Å². The summed E-state index contributed by atoms with van der Waals surface area (Å²) in [4.78, 5) is 13.6.